The van der Waals surface area contributed by atoms with Crippen molar-refractivity contribution in [1.29, 1.82) is 0 Å². The Kier molecular flexibility index (Phi) is 7.31. The van der Waals surface area contributed by atoms with Crippen LogP contribution >= 0.6 is 11.8 Å². The highest BCUT2D eigenvalue weighted by Crippen LogP contribution is 2.28. The minimum Gasteiger partial charge on any atom is -0.493 e. The van der Waals surface area contributed by atoms with Gasteiger partial charge in [0.05, 0.1) is 25.0 Å². The van der Waals surface area contributed by atoms with E-state index >= 15 is 0 Å². The summed E-state index contributed by atoms with van der Waals surface area (Å²) in [6.45, 7) is 7.71. The van der Waals surface area contributed by atoms with Crippen LogP contribution in [0.3, 0.4) is 0 Å². The zero-order valence-electron chi connectivity index (χ0n) is 12.8. The first-order valence-electron chi connectivity index (χ1n) is 7.04. The second-order valence-corrected chi connectivity index (χ2v) is 6.25. The highest BCUT2D eigenvalue weighted by molar-refractivity contribution is 7.99. The van der Waals surface area contributed by atoms with Gasteiger partial charge < -0.3 is 10.1 Å². The van der Waals surface area contributed by atoms with E-state index in [1.165, 1.54) is 6.42 Å². The molecule has 1 aromatic heterocycles. The van der Waals surface area contributed by atoms with Gasteiger partial charge in [0.2, 0.25) is 0 Å². The van der Waals surface area contributed by atoms with E-state index in [0.717, 1.165) is 30.2 Å². The van der Waals surface area contributed by atoms with Crippen LogP contribution < -0.4 is 10.1 Å². The SMILES string of the molecule is CCCNC(CSC(C)CC)c1c(OC)cnn1C. The minimum absolute atomic E-state index is 0.293. The summed E-state index contributed by atoms with van der Waals surface area (Å²) in [4.78, 5) is 0. The average molecular weight is 285 g/mol. The van der Waals surface area contributed by atoms with Crippen LogP contribution in [0.25, 0.3) is 0 Å². The van der Waals surface area contributed by atoms with Crippen molar-refractivity contribution in [2.24, 2.45) is 7.05 Å². The Morgan fingerprint density at radius 3 is 2.79 bits per heavy atom. The highest BCUT2D eigenvalue weighted by atomic mass is 32.2. The summed E-state index contributed by atoms with van der Waals surface area (Å²) in [7, 11) is 3.69. The van der Waals surface area contributed by atoms with Crippen molar-refractivity contribution in [3.05, 3.63) is 11.9 Å². The molecular formula is C14H27N3OS. The summed E-state index contributed by atoms with van der Waals surface area (Å²) >= 11 is 2.00. The maximum absolute atomic E-state index is 5.43. The van der Waals surface area contributed by atoms with Crippen molar-refractivity contribution in [1.82, 2.24) is 15.1 Å². The van der Waals surface area contributed by atoms with Crippen LogP contribution in [0.5, 0.6) is 5.75 Å². The molecule has 1 aromatic rings. The van der Waals surface area contributed by atoms with Gasteiger partial charge in [-0.1, -0.05) is 20.8 Å². The van der Waals surface area contributed by atoms with Gasteiger partial charge >= 0.3 is 0 Å². The first kappa shape index (κ1) is 16.4. The molecule has 0 aliphatic carbocycles. The zero-order chi connectivity index (χ0) is 14.3. The Morgan fingerprint density at radius 1 is 1.47 bits per heavy atom. The molecule has 0 aliphatic rings. The molecule has 1 heterocycles. The van der Waals surface area contributed by atoms with Crippen molar-refractivity contribution in [2.45, 2.75) is 44.9 Å². The monoisotopic (exact) mass is 285 g/mol. The van der Waals surface area contributed by atoms with Gasteiger partial charge in [-0.2, -0.15) is 16.9 Å². The molecule has 4 nitrogen and oxygen atoms in total. The second-order valence-electron chi connectivity index (χ2n) is 4.78. The third kappa shape index (κ3) is 4.73. The van der Waals surface area contributed by atoms with Gasteiger partial charge in [-0.15, -0.1) is 0 Å². The number of thioether (sulfide) groups is 1. The van der Waals surface area contributed by atoms with E-state index in [1.54, 1.807) is 13.3 Å². The predicted molar refractivity (Wildman–Crippen MR) is 83.0 cm³/mol. The maximum atomic E-state index is 5.43. The fraction of sp³-hybridized carbons (Fsp3) is 0.786. The van der Waals surface area contributed by atoms with E-state index in [-0.39, 0.29) is 0 Å². The zero-order valence-corrected chi connectivity index (χ0v) is 13.6. The molecule has 0 saturated carbocycles. The molecule has 0 radical (unpaired) electrons. The third-order valence-corrected chi connectivity index (χ3v) is 4.69. The molecule has 5 heteroatoms. The summed E-state index contributed by atoms with van der Waals surface area (Å²) in [5.74, 6) is 1.92. The van der Waals surface area contributed by atoms with Crippen LogP contribution in [0.1, 0.15) is 45.3 Å². The Morgan fingerprint density at radius 2 is 2.21 bits per heavy atom. The lowest BCUT2D eigenvalue weighted by atomic mass is 10.2. The minimum atomic E-state index is 0.293. The topological polar surface area (TPSA) is 39.1 Å². The van der Waals surface area contributed by atoms with Crippen LogP contribution in [0.4, 0.5) is 0 Å². The van der Waals surface area contributed by atoms with Crippen LogP contribution in [-0.2, 0) is 7.05 Å². The fourth-order valence-electron chi connectivity index (χ4n) is 1.91. The number of nitrogens with one attached hydrogen (secondary N) is 1. The third-order valence-electron chi connectivity index (χ3n) is 3.26. The highest BCUT2D eigenvalue weighted by Gasteiger charge is 2.20. The summed E-state index contributed by atoms with van der Waals surface area (Å²) in [6.07, 6.45) is 4.13. The number of ether oxygens (including phenoxy) is 1. The van der Waals surface area contributed by atoms with E-state index in [0.29, 0.717) is 11.3 Å². The Balaban J connectivity index is 2.79. The summed E-state index contributed by atoms with van der Waals surface area (Å²) in [5, 5.41) is 8.60. The number of aromatic nitrogens is 2. The molecule has 110 valence electrons. The van der Waals surface area contributed by atoms with Gasteiger partial charge in [0, 0.05) is 18.1 Å². The molecular weight excluding hydrogens is 258 g/mol. The smallest absolute Gasteiger partial charge is 0.161 e. The lowest BCUT2D eigenvalue weighted by Gasteiger charge is -2.21. The largest absolute Gasteiger partial charge is 0.493 e. The van der Waals surface area contributed by atoms with Crippen molar-refractivity contribution in [3.63, 3.8) is 0 Å². The van der Waals surface area contributed by atoms with Gasteiger partial charge in [0.1, 0.15) is 0 Å². The van der Waals surface area contributed by atoms with E-state index in [4.69, 9.17) is 4.74 Å². The van der Waals surface area contributed by atoms with Crippen molar-refractivity contribution >= 4 is 11.8 Å². The van der Waals surface area contributed by atoms with E-state index < -0.39 is 0 Å². The van der Waals surface area contributed by atoms with Crippen molar-refractivity contribution in [2.75, 3.05) is 19.4 Å². The first-order chi connectivity index (χ1) is 9.13. The second kappa shape index (κ2) is 8.48. The number of hydrogen-bond acceptors (Lipinski definition) is 4. The molecule has 1 rings (SSSR count). The van der Waals surface area contributed by atoms with E-state index in [9.17, 15) is 0 Å². The summed E-state index contributed by atoms with van der Waals surface area (Å²) < 4.78 is 7.35. The van der Waals surface area contributed by atoms with Gasteiger partial charge in [-0.3, -0.25) is 4.68 Å². The maximum Gasteiger partial charge on any atom is 0.161 e. The average Bonchev–Trinajstić information content (AvgIpc) is 2.80. The molecule has 0 bridgehead atoms. The van der Waals surface area contributed by atoms with Crippen molar-refractivity contribution < 1.29 is 4.74 Å². The molecule has 2 unspecified atom stereocenters. The van der Waals surface area contributed by atoms with E-state index in [2.05, 4.69) is 31.2 Å². The summed E-state index contributed by atoms with van der Waals surface area (Å²) in [6, 6.07) is 0.293. The molecule has 0 aliphatic heterocycles. The summed E-state index contributed by atoms with van der Waals surface area (Å²) in [5.41, 5.74) is 1.15. The predicted octanol–water partition coefficient (Wildman–Crippen LogP) is 3.00. The molecule has 0 amide bonds. The number of nitrogens with zero attached hydrogens (tertiary/aromatic N) is 2. The number of aryl methyl sites for hydroxylation is 1. The van der Waals surface area contributed by atoms with E-state index in [1.807, 2.05) is 23.5 Å². The quantitative estimate of drug-likeness (QED) is 0.757. The van der Waals surface area contributed by atoms with Gasteiger partial charge in [-0.25, -0.2) is 0 Å². The Hall–Kier alpha value is -0.680. The normalized spacial score (nSPS) is 14.4. The fourth-order valence-corrected chi connectivity index (χ4v) is 2.95. The van der Waals surface area contributed by atoms with Crippen molar-refractivity contribution in [3.8, 4) is 5.75 Å². The van der Waals surface area contributed by atoms with Gasteiger partial charge in [-0.05, 0) is 19.4 Å². The number of methoxy groups -OCH3 is 1. The Bertz CT molecular complexity index is 368. The Labute approximate surface area is 121 Å². The molecule has 0 fully saturated rings. The molecule has 19 heavy (non-hydrogen) atoms. The number of hydrogen-bond donors (Lipinski definition) is 1. The first-order valence-corrected chi connectivity index (χ1v) is 8.09. The molecule has 0 saturated heterocycles. The lowest BCUT2D eigenvalue weighted by molar-refractivity contribution is 0.398. The lowest BCUT2D eigenvalue weighted by Crippen LogP contribution is -2.27. The molecule has 0 spiro atoms. The molecule has 0 aromatic carbocycles. The standard InChI is InChI=1S/C14H27N3OS/c1-6-8-15-12(10-19-11(3)7-2)14-13(18-5)9-16-17(14)4/h9,11-12,15H,6-8,10H2,1-5H3. The van der Waals surface area contributed by atoms with Crippen LogP contribution in [-0.4, -0.2) is 34.4 Å². The molecule has 1 N–H and O–H groups in total. The van der Waals surface area contributed by atoms with Gasteiger partial charge in [0.15, 0.2) is 5.75 Å². The van der Waals surface area contributed by atoms with Crippen LogP contribution in [0.2, 0.25) is 0 Å². The van der Waals surface area contributed by atoms with Crippen LogP contribution in [0.15, 0.2) is 6.20 Å². The van der Waals surface area contributed by atoms with Gasteiger partial charge in [0.25, 0.3) is 0 Å². The molecule has 2 atom stereocenters. The number of rotatable bonds is 9. The van der Waals surface area contributed by atoms with Crippen LogP contribution in [0, 0.1) is 0 Å².